The van der Waals surface area contributed by atoms with Gasteiger partial charge in [0, 0.05) is 30.8 Å². The maximum Gasteiger partial charge on any atom is 0.255 e. The Bertz CT molecular complexity index is 1110. The van der Waals surface area contributed by atoms with E-state index < -0.39 is 6.04 Å². The van der Waals surface area contributed by atoms with Gasteiger partial charge in [-0.05, 0) is 49.1 Å². The molecule has 3 heterocycles. The quantitative estimate of drug-likeness (QED) is 0.746. The number of nitrogens with two attached hydrogens (primary N) is 1. The fraction of sp³-hybridized carbons (Fsp3) is 0.375. The third-order valence-electron chi connectivity index (χ3n) is 7.03. The molecule has 0 spiro atoms. The molecular formula is C24H26N4O3. The number of nitrogens with one attached hydrogen (secondary N) is 1. The Morgan fingerprint density at radius 1 is 1.10 bits per heavy atom. The molecule has 0 aliphatic carbocycles. The van der Waals surface area contributed by atoms with Crippen LogP contribution in [-0.2, 0) is 22.7 Å². The predicted molar refractivity (Wildman–Crippen MR) is 116 cm³/mol. The van der Waals surface area contributed by atoms with Crippen molar-refractivity contribution in [2.45, 2.75) is 57.4 Å². The number of nitrogens with zero attached hydrogens (tertiary/aromatic N) is 2. The number of carbonyl (C=O) groups is 3. The lowest BCUT2D eigenvalue weighted by Gasteiger charge is -2.37. The van der Waals surface area contributed by atoms with Crippen molar-refractivity contribution in [3.05, 3.63) is 64.7 Å². The maximum atomic E-state index is 13.1. The highest BCUT2D eigenvalue weighted by molar-refractivity contribution is 6.05. The molecule has 2 aromatic carbocycles. The number of fused-ring (bicyclic) bond motifs is 2. The monoisotopic (exact) mass is 418 g/mol. The summed E-state index contributed by atoms with van der Waals surface area (Å²) in [5.74, 6) is -0.818. The minimum Gasteiger partial charge on any atom is -0.360 e. The number of piperidine rings is 1. The Hall–Kier alpha value is -3.19. The molecule has 3 amide bonds. The van der Waals surface area contributed by atoms with Gasteiger partial charge in [0.05, 0.1) is 11.6 Å². The lowest BCUT2D eigenvalue weighted by Crippen LogP contribution is -2.52. The highest BCUT2D eigenvalue weighted by Crippen LogP contribution is 2.46. The highest BCUT2D eigenvalue weighted by Gasteiger charge is 2.44. The smallest absolute Gasteiger partial charge is 0.255 e. The van der Waals surface area contributed by atoms with Gasteiger partial charge in [-0.25, -0.2) is 0 Å². The van der Waals surface area contributed by atoms with E-state index in [1.54, 1.807) is 4.90 Å². The molecule has 3 aliphatic heterocycles. The Kier molecular flexibility index (Phi) is 4.41. The summed E-state index contributed by atoms with van der Waals surface area (Å²) in [4.78, 5) is 40.9. The van der Waals surface area contributed by atoms with Gasteiger partial charge in [-0.1, -0.05) is 30.3 Å². The molecule has 1 saturated heterocycles. The topological polar surface area (TPSA) is 95.7 Å². The van der Waals surface area contributed by atoms with E-state index in [1.807, 2.05) is 30.3 Å². The van der Waals surface area contributed by atoms with E-state index in [-0.39, 0.29) is 35.7 Å². The zero-order valence-electron chi connectivity index (χ0n) is 17.7. The standard InChI is InChI=1S/C24H26N4O3/c1-24(2)21(25)16-7-3-4-9-18(16)28(24)12-14-6-5-8-15-17(14)13-27(23(15)31)19-10-11-20(29)26-22(19)30/h3-9,19,21H,10-13,25H2,1-2H3,(H,26,29,30). The average molecular weight is 418 g/mol. The first-order valence-corrected chi connectivity index (χ1v) is 10.7. The van der Waals surface area contributed by atoms with Gasteiger partial charge in [0.25, 0.3) is 5.91 Å². The van der Waals surface area contributed by atoms with E-state index in [2.05, 4.69) is 36.2 Å². The van der Waals surface area contributed by atoms with Crippen LogP contribution in [0, 0.1) is 0 Å². The van der Waals surface area contributed by atoms with Crippen molar-refractivity contribution in [3.8, 4) is 0 Å². The summed E-state index contributed by atoms with van der Waals surface area (Å²) in [6.07, 6.45) is 0.612. The molecule has 0 bridgehead atoms. The Morgan fingerprint density at radius 3 is 2.65 bits per heavy atom. The van der Waals surface area contributed by atoms with Crippen LogP contribution in [0.3, 0.4) is 0 Å². The molecule has 2 unspecified atom stereocenters. The fourth-order valence-corrected chi connectivity index (χ4v) is 5.11. The van der Waals surface area contributed by atoms with Gasteiger partial charge in [0.1, 0.15) is 6.04 Å². The Morgan fingerprint density at radius 2 is 1.87 bits per heavy atom. The van der Waals surface area contributed by atoms with Crippen LogP contribution in [-0.4, -0.2) is 34.2 Å². The van der Waals surface area contributed by atoms with Crippen molar-refractivity contribution < 1.29 is 14.4 Å². The molecule has 7 heteroatoms. The van der Waals surface area contributed by atoms with Crippen molar-refractivity contribution in [1.29, 1.82) is 0 Å². The van der Waals surface area contributed by atoms with Gasteiger partial charge < -0.3 is 15.5 Å². The first kappa shape index (κ1) is 19.8. The van der Waals surface area contributed by atoms with E-state index in [0.717, 1.165) is 22.4 Å². The molecule has 2 aromatic rings. The summed E-state index contributed by atoms with van der Waals surface area (Å²) in [7, 11) is 0. The fourth-order valence-electron chi connectivity index (χ4n) is 5.11. The first-order valence-electron chi connectivity index (χ1n) is 10.7. The Balaban J connectivity index is 1.47. The molecule has 5 rings (SSSR count). The van der Waals surface area contributed by atoms with Crippen LogP contribution >= 0.6 is 0 Å². The van der Waals surface area contributed by atoms with Crippen molar-refractivity contribution in [2.24, 2.45) is 5.73 Å². The molecule has 7 nitrogen and oxygen atoms in total. The maximum absolute atomic E-state index is 13.1. The lowest BCUT2D eigenvalue weighted by molar-refractivity contribution is -0.136. The summed E-state index contributed by atoms with van der Waals surface area (Å²) in [5, 5.41) is 2.36. The summed E-state index contributed by atoms with van der Waals surface area (Å²) in [5.41, 5.74) is 11.2. The molecule has 0 aromatic heterocycles. The molecule has 3 aliphatic rings. The van der Waals surface area contributed by atoms with Gasteiger partial charge in [-0.2, -0.15) is 0 Å². The van der Waals surface area contributed by atoms with Crippen molar-refractivity contribution in [1.82, 2.24) is 10.2 Å². The first-order chi connectivity index (χ1) is 14.8. The van der Waals surface area contributed by atoms with Crippen molar-refractivity contribution >= 4 is 23.4 Å². The summed E-state index contributed by atoms with van der Waals surface area (Å²) in [6.45, 7) is 5.28. The number of anilines is 1. The van der Waals surface area contributed by atoms with Crippen LogP contribution in [0.4, 0.5) is 5.69 Å². The highest BCUT2D eigenvalue weighted by atomic mass is 16.2. The second kappa shape index (κ2) is 6.92. The van der Waals surface area contributed by atoms with Crippen LogP contribution in [0.15, 0.2) is 42.5 Å². The second-order valence-corrected chi connectivity index (χ2v) is 9.12. The van der Waals surface area contributed by atoms with E-state index in [9.17, 15) is 14.4 Å². The van der Waals surface area contributed by atoms with E-state index in [0.29, 0.717) is 25.1 Å². The molecule has 1 fully saturated rings. The van der Waals surface area contributed by atoms with Crippen molar-refractivity contribution in [3.63, 3.8) is 0 Å². The zero-order valence-corrected chi connectivity index (χ0v) is 17.7. The minimum absolute atomic E-state index is 0.109. The van der Waals surface area contributed by atoms with Crippen LogP contribution in [0.1, 0.15) is 59.8 Å². The van der Waals surface area contributed by atoms with Gasteiger partial charge in [-0.15, -0.1) is 0 Å². The number of benzene rings is 2. The number of hydrogen-bond donors (Lipinski definition) is 2. The number of para-hydroxylation sites is 1. The lowest BCUT2D eigenvalue weighted by atomic mass is 9.93. The van der Waals surface area contributed by atoms with Gasteiger partial charge in [0.15, 0.2) is 0 Å². The van der Waals surface area contributed by atoms with Gasteiger partial charge >= 0.3 is 0 Å². The molecule has 2 atom stereocenters. The van der Waals surface area contributed by atoms with Crippen molar-refractivity contribution in [2.75, 3.05) is 4.90 Å². The number of rotatable bonds is 3. The normalized spacial score (nSPS) is 24.3. The largest absolute Gasteiger partial charge is 0.360 e. The SMILES string of the molecule is CC1(C)C(N)c2ccccc2N1Cc1cccc2c1CN(C1CCC(=O)NC1=O)C2=O. The molecule has 31 heavy (non-hydrogen) atoms. The molecule has 0 radical (unpaired) electrons. The summed E-state index contributed by atoms with van der Waals surface area (Å²) >= 11 is 0. The molecular weight excluding hydrogens is 392 g/mol. The minimum atomic E-state index is -0.608. The summed E-state index contributed by atoms with van der Waals surface area (Å²) < 4.78 is 0. The third kappa shape index (κ3) is 2.95. The number of amides is 3. The number of hydrogen-bond acceptors (Lipinski definition) is 5. The molecule has 0 saturated carbocycles. The predicted octanol–water partition coefficient (Wildman–Crippen LogP) is 2.25. The third-order valence-corrected chi connectivity index (χ3v) is 7.03. The molecule has 3 N–H and O–H groups in total. The second-order valence-electron chi connectivity index (χ2n) is 9.12. The van der Waals surface area contributed by atoms with Crippen LogP contribution in [0.5, 0.6) is 0 Å². The summed E-state index contributed by atoms with van der Waals surface area (Å²) in [6, 6.07) is 13.2. The van der Waals surface area contributed by atoms with Gasteiger partial charge in [-0.3, -0.25) is 19.7 Å². The van der Waals surface area contributed by atoms with Crippen LogP contribution in [0.2, 0.25) is 0 Å². The van der Waals surface area contributed by atoms with Crippen LogP contribution in [0.25, 0.3) is 0 Å². The van der Waals surface area contributed by atoms with E-state index in [1.165, 1.54) is 0 Å². The number of carbonyl (C=O) groups excluding carboxylic acids is 3. The Labute approximate surface area is 181 Å². The molecule has 160 valence electrons. The average Bonchev–Trinajstić information content (AvgIpc) is 3.17. The van der Waals surface area contributed by atoms with Gasteiger partial charge in [0.2, 0.25) is 11.8 Å². The van der Waals surface area contributed by atoms with E-state index >= 15 is 0 Å². The van der Waals surface area contributed by atoms with Crippen LogP contribution < -0.4 is 16.0 Å². The zero-order chi connectivity index (χ0) is 21.9. The number of imide groups is 1. The van der Waals surface area contributed by atoms with E-state index in [4.69, 9.17) is 5.73 Å².